The summed E-state index contributed by atoms with van der Waals surface area (Å²) in [6, 6.07) is 0. The Kier molecular flexibility index (Phi) is 17.8. The average Bonchev–Trinajstić information content (AvgIpc) is 2.52. The minimum Gasteiger partial charge on any atom is -0.466 e. The van der Waals surface area contributed by atoms with Gasteiger partial charge in [-0.15, -0.1) is 0 Å². The Hall–Kier alpha value is -0.690. The zero-order valence-corrected chi connectivity index (χ0v) is 14.1. The van der Waals surface area contributed by atoms with Gasteiger partial charge in [0.1, 0.15) is 0 Å². The first kappa shape index (κ1) is 21.3. The third kappa shape index (κ3) is 17.4. The minimum atomic E-state index is -0.141. The molecule has 6 heteroatoms. The molecule has 0 heterocycles. The van der Waals surface area contributed by atoms with E-state index in [4.69, 9.17) is 23.7 Å². The Morgan fingerprint density at radius 2 is 1.23 bits per heavy atom. The fourth-order valence-corrected chi connectivity index (χ4v) is 1.53. The highest BCUT2D eigenvalue weighted by Gasteiger charge is 2.01. The Morgan fingerprint density at radius 3 is 1.77 bits per heavy atom. The number of carbonyl (C=O) groups excluding carboxylic acids is 1. The van der Waals surface area contributed by atoms with Crippen LogP contribution in [0.25, 0.3) is 0 Å². The van der Waals surface area contributed by atoms with Crippen LogP contribution >= 0.6 is 0 Å². The van der Waals surface area contributed by atoms with Crippen molar-refractivity contribution in [3.63, 3.8) is 0 Å². The molecule has 0 bridgehead atoms. The molecular formula is C16H32O6. The maximum Gasteiger partial charge on any atom is 0.305 e. The fraction of sp³-hybridized carbons (Fsp3) is 0.938. The highest BCUT2D eigenvalue weighted by Crippen LogP contribution is 1.96. The molecule has 6 nitrogen and oxygen atoms in total. The summed E-state index contributed by atoms with van der Waals surface area (Å²) in [5, 5.41) is 0. The van der Waals surface area contributed by atoms with Gasteiger partial charge in [-0.3, -0.25) is 4.79 Å². The van der Waals surface area contributed by atoms with Crippen LogP contribution in [0.4, 0.5) is 0 Å². The van der Waals surface area contributed by atoms with Gasteiger partial charge in [-0.1, -0.05) is 13.3 Å². The molecule has 0 aliphatic heterocycles. The number of rotatable bonds is 17. The van der Waals surface area contributed by atoms with Crippen LogP contribution in [-0.4, -0.2) is 65.4 Å². The normalized spacial score (nSPS) is 10.8. The zero-order chi connectivity index (χ0) is 16.3. The summed E-state index contributed by atoms with van der Waals surface area (Å²) in [7, 11) is 0. The van der Waals surface area contributed by atoms with E-state index in [2.05, 4.69) is 6.92 Å². The molecule has 0 spiro atoms. The van der Waals surface area contributed by atoms with Gasteiger partial charge in [-0.25, -0.2) is 0 Å². The van der Waals surface area contributed by atoms with E-state index < -0.39 is 0 Å². The topological polar surface area (TPSA) is 63.2 Å². The largest absolute Gasteiger partial charge is 0.466 e. The number of unbranched alkanes of at least 4 members (excludes halogenated alkanes) is 1. The van der Waals surface area contributed by atoms with Gasteiger partial charge in [0, 0.05) is 19.6 Å². The van der Waals surface area contributed by atoms with Gasteiger partial charge in [0.05, 0.1) is 46.2 Å². The van der Waals surface area contributed by atoms with E-state index in [1.165, 1.54) is 0 Å². The van der Waals surface area contributed by atoms with Crippen molar-refractivity contribution in [1.29, 1.82) is 0 Å². The molecule has 0 aliphatic carbocycles. The maximum absolute atomic E-state index is 11.3. The van der Waals surface area contributed by atoms with Crippen LogP contribution in [0.1, 0.15) is 39.5 Å². The van der Waals surface area contributed by atoms with Crippen molar-refractivity contribution in [1.82, 2.24) is 0 Å². The molecule has 0 aliphatic rings. The summed E-state index contributed by atoms with van der Waals surface area (Å²) in [6.07, 6.45) is 3.06. The van der Waals surface area contributed by atoms with Crippen molar-refractivity contribution < 1.29 is 28.5 Å². The van der Waals surface area contributed by atoms with Gasteiger partial charge in [0.2, 0.25) is 0 Å². The lowest BCUT2D eigenvalue weighted by molar-refractivity contribution is -0.144. The average molecular weight is 320 g/mol. The van der Waals surface area contributed by atoms with Crippen molar-refractivity contribution in [2.24, 2.45) is 0 Å². The van der Waals surface area contributed by atoms with E-state index >= 15 is 0 Å². The number of hydrogen-bond acceptors (Lipinski definition) is 6. The van der Waals surface area contributed by atoms with Crippen LogP contribution in [0.5, 0.6) is 0 Å². The molecule has 0 fully saturated rings. The van der Waals surface area contributed by atoms with Gasteiger partial charge in [0.15, 0.2) is 0 Å². The molecule has 132 valence electrons. The molecule has 0 unspecified atom stereocenters. The van der Waals surface area contributed by atoms with Crippen molar-refractivity contribution in [2.45, 2.75) is 39.5 Å². The molecule has 0 aromatic heterocycles. The summed E-state index contributed by atoms with van der Waals surface area (Å²) >= 11 is 0. The molecule has 0 rings (SSSR count). The van der Waals surface area contributed by atoms with E-state index in [-0.39, 0.29) is 5.97 Å². The smallest absolute Gasteiger partial charge is 0.305 e. The molecule has 0 radical (unpaired) electrons. The molecule has 0 N–H and O–H groups in total. The fourth-order valence-electron chi connectivity index (χ4n) is 1.53. The highest BCUT2D eigenvalue weighted by molar-refractivity contribution is 5.69. The van der Waals surface area contributed by atoms with Gasteiger partial charge in [-0.2, -0.15) is 0 Å². The SMILES string of the molecule is CCCCOC(=O)CCCOCCOCCOCCOCC. The first-order valence-electron chi connectivity index (χ1n) is 8.27. The summed E-state index contributed by atoms with van der Waals surface area (Å²) in [4.78, 5) is 11.3. The number of esters is 1. The Balaban J connectivity index is 3.06. The van der Waals surface area contributed by atoms with Gasteiger partial charge < -0.3 is 23.7 Å². The maximum atomic E-state index is 11.3. The Bertz CT molecular complexity index is 235. The highest BCUT2D eigenvalue weighted by atomic mass is 16.6. The predicted molar refractivity (Wildman–Crippen MR) is 84.1 cm³/mol. The van der Waals surface area contributed by atoms with E-state index in [1.807, 2.05) is 6.92 Å². The summed E-state index contributed by atoms with van der Waals surface area (Å²) in [6.45, 7) is 9.23. The van der Waals surface area contributed by atoms with Crippen LogP contribution in [0, 0.1) is 0 Å². The second-order valence-electron chi connectivity index (χ2n) is 4.71. The van der Waals surface area contributed by atoms with E-state index in [1.54, 1.807) is 0 Å². The molecule has 0 saturated heterocycles. The van der Waals surface area contributed by atoms with Crippen LogP contribution in [-0.2, 0) is 28.5 Å². The molecular weight excluding hydrogens is 288 g/mol. The molecule has 0 atom stereocenters. The quantitative estimate of drug-likeness (QED) is 0.302. The Labute approximate surface area is 134 Å². The van der Waals surface area contributed by atoms with Crippen LogP contribution < -0.4 is 0 Å². The van der Waals surface area contributed by atoms with Crippen LogP contribution in [0.3, 0.4) is 0 Å². The van der Waals surface area contributed by atoms with E-state index in [0.717, 1.165) is 12.8 Å². The monoisotopic (exact) mass is 320 g/mol. The standard InChI is InChI=1S/C16H32O6/c1-3-5-9-22-16(17)7-6-8-19-12-13-21-15-14-20-11-10-18-4-2/h3-15H2,1-2H3. The molecule has 0 saturated carbocycles. The number of ether oxygens (including phenoxy) is 5. The van der Waals surface area contributed by atoms with E-state index in [0.29, 0.717) is 72.3 Å². The van der Waals surface area contributed by atoms with Crippen molar-refractivity contribution in [3.05, 3.63) is 0 Å². The van der Waals surface area contributed by atoms with E-state index in [9.17, 15) is 4.79 Å². The molecule has 0 aromatic rings. The predicted octanol–water partition coefficient (Wildman–Crippen LogP) is 2.20. The third-order valence-corrected chi connectivity index (χ3v) is 2.75. The summed E-state index contributed by atoms with van der Waals surface area (Å²) in [5.74, 6) is -0.141. The van der Waals surface area contributed by atoms with Crippen LogP contribution in [0.2, 0.25) is 0 Å². The van der Waals surface area contributed by atoms with Crippen molar-refractivity contribution >= 4 is 5.97 Å². The first-order valence-corrected chi connectivity index (χ1v) is 8.27. The summed E-state index contributed by atoms with van der Waals surface area (Å²) < 4.78 is 26.2. The van der Waals surface area contributed by atoms with Gasteiger partial charge in [0.25, 0.3) is 0 Å². The van der Waals surface area contributed by atoms with Crippen LogP contribution in [0.15, 0.2) is 0 Å². The molecule has 0 amide bonds. The van der Waals surface area contributed by atoms with Gasteiger partial charge >= 0.3 is 5.97 Å². The lowest BCUT2D eigenvalue weighted by Crippen LogP contribution is -2.12. The summed E-state index contributed by atoms with van der Waals surface area (Å²) in [5.41, 5.74) is 0. The van der Waals surface area contributed by atoms with Crippen molar-refractivity contribution in [2.75, 3.05) is 59.5 Å². The van der Waals surface area contributed by atoms with Gasteiger partial charge in [-0.05, 0) is 19.8 Å². The van der Waals surface area contributed by atoms with Crippen molar-refractivity contribution in [3.8, 4) is 0 Å². The lowest BCUT2D eigenvalue weighted by Gasteiger charge is -2.07. The third-order valence-electron chi connectivity index (χ3n) is 2.75. The Morgan fingerprint density at radius 1 is 0.682 bits per heavy atom. The minimum absolute atomic E-state index is 0.141. The second-order valence-corrected chi connectivity index (χ2v) is 4.71. The molecule has 0 aromatic carbocycles. The number of carbonyl (C=O) groups is 1. The second kappa shape index (κ2) is 18.4. The lowest BCUT2D eigenvalue weighted by atomic mass is 10.3. The number of hydrogen-bond donors (Lipinski definition) is 0. The zero-order valence-electron chi connectivity index (χ0n) is 14.1. The first-order chi connectivity index (χ1) is 10.8. The molecule has 22 heavy (non-hydrogen) atoms.